The monoisotopic (exact) mass is 219 g/mol. The van der Waals surface area contributed by atoms with Gasteiger partial charge in [0.15, 0.2) is 5.65 Å². The molecule has 0 saturated heterocycles. The van der Waals surface area contributed by atoms with Crippen LogP contribution < -0.4 is 11.5 Å². The fourth-order valence-electron chi connectivity index (χ4n) is 1.64. The van der Waals surface area contributed by atoms with Crippen LogP contribution >= 0.6 is 0 Å². The zero-order chi connectivity index (χ0) is 11.9. The van der Waals surface area contributed by atoms with Gasteiger partial charge in [-0.25, -0.2) is 9.97 Å². The van der Waals surface area contributed by atoms with Crippen molar-refractivity contribution in [1.29, 1.82) is 0 Å². The van der Waals surface area contributed by atoms with E-state index in [1.165, 1.54) is 0 Å². The molecule has 4 N–H and O–H groups in total. The Morgan fingerprint density at radius 3 is 2.88 bits per heavy atom. The normalized spacial score (nSPS) is 12.9. The number of carbonyl (C=O) groups excluding carboxylic acids is 1. The van der Waals surface area contributed by atoms with E-state index >= 15 is 0 Å². The molecule has 2 heterocycles. The Hall–Kier alpha value is -2.11. The molecule has 1 amide bonds. The second-order valence-electron chi connectivity index (χ2n) is 3.72. The maximum absolute atomic E-state index is 11.2. The van der Waals surface area contributed by atoms with E-state index < -0.39 is 11.9 Å². The van der Waals surface area contributed by atoms with Gasteiger partial charge >= 0.3 is 0 Å². The van der Waals surface area contributed by atoms with Crippen LogP contribution in [-0.2, 0) is 4.79 Å². The summed E-state index contributed by atoms with van der Waals surface area (Å²) in [4.78, 5) is 19.5. The lowest BCUT2D eigenvalue weighted by Crippen LogP contribution is -2.25. The number of primary amides is 1. The van der Waals surface area contributed by atoms with Crippen molar-refractivity contribution in [1.82, 2.24) is 14.5 Å². The third-order valence-corrected chi connectivity index (χ3v) is 2.61. The van der Waals surface area contributed by atoms with Crippen LogP contribution in [0.15, 0.2) is 12.3 Å². The Kier molecular flexibility index (Phi) is 2.26. The summed E-state index contributed by atoms with van der Waals surface area (Å²) >= 11 is 0. The van der Waals surface area contributed by atoms with Crippen molar-refractivity contribution in [3.8, 4) is 0 Å². The van der Waals surface area contributed by atoms with Gasteiger partial charge in [-0.2, -0.15) is 0 Å². The highest BCUT2D eigenvalue weighted by Gasteiger charge is 2.19. The topological polar surface area (TPSA) is 99.8 Å². The van der Waals surface area contributed by atoms with Crippen LogP contribution in [0.2, 0.25) is 0 Å². The number of carbonyl (C=O) groups is 1. The third kappa shape index (κ3) is 1.39. The number of rotatable bonds is 2. The molecule has 0 spiro atoms. The molecular weight excluding hydrogens is 206 g/mol. The molecule has 0 radical (unpaired) electrons. The average molecular weight is 219 g/mol. The van der Waals surface area contributed by atoms with Gasteiger partial charge in [0.1, 0.15) is 11.6 Å². The smallest absolute Gasteiger partial charge is 0.240 e. The molecule has 84 valence electrons. The summed E-state index contributed by atoms with van der Waals surface area (Å²) in [6.45, 7) is 3.58. The van der Waals surface area contributed by atoms with Crippen LogP contribution in [0.25, 0.3) is 11.2 Å². The summed E-state index contributed by atoms with van der Waals surface area (Å²) < 4.78 is 1.55. The number of hydrogen-bond acceptors (Lipinski definition) is 4. The van der Waals surface area contributed by atoms with Crippen LogP contribution in [0.5, 0.6) is 0 Å². The highest BCUT2D eigenvalue weighted by molar-refractivity contribution is 5.83. The first-order valence-corrected chi connectivity index (χ1v) is 4.90. The number of imidazole rings is 1. The Balaban J connectivity index is 2.74. The van der Waals surface area contributed by atoms with Crippen molar-refractivity contribution in [2.45, 2.75) is 19.9 Å². The van der Waals surface area contributed by atoms with Crippen LogP contribution in [0.4, 0.5) is 5.95 Å². The van der Waals surface area contributed by atoms with E-state index in [1.54, 1.807) is 17.7 Å². The largest absolute Gasteiger partial charge is 0.369 e. The lowest BCUT2D eigenvalue weighted by atomic mass is 10.2. The summed E-state index contributed by atoms with van der Waals surface area (Å²) in [6.07, 6.45) is 1.66. The quantitative estimate of drug-likeness (QED) is 0.761. The molecule has 2 rings (SSSR count). The molecule has 0 fully saturated rings. The highest BCUT2D eigenvalue weighted by Crippen LogP contribution is 2.22. The number of nitrogen functional groups attached to an aromatic ring is 1. The van der Waals surface area contributed by atoms with Gasteiger partial charge in [-0.15, -0.1) is 0 Å². The van der Waals surface area contributed by atoms with E-state index in [0.29, 0.717) is 11.2 Å². The molecule has 6 heteroatoms. The first-order chi connectivity index (χ1) is 7.52. The molecule has 1 unspecified atom stereocenters. The second kappa shape index (κ2) is 3.48. The average Bonchev–Trinajstić information content (AvgIpc) is 2.55. The number of hydrogen-bond donors (Lipinski definition) is 2. The number of nitrogens with two attached hydrogens (primary N) is 2. The number of amides is 1. The molecule has 0 aliphatic carbocycles. The first kappa shape index (κ1) is 10.4. The summed E-state index contributed by atoms with van der Waals surface area (Å²) in [5.74, 6) is -0.211. The Morgan fingerprint density at radius 1 is 1.56 bits per heavy atom. The zero-order valence-electron chi connectivity index (χ0n) is 9.14. The van der Waals surface area contributed by atoms with E-state index in [9.17, 15) is 4.79 Å². The van der Waals surface area contributed by atoms with Crippen LogP contribution in [0.1, 0.15) is 18.5 Å². The molecule has 0 saturated carbocycles. The molecule has 0 bridgehead atoms. The van der Waals surface area contributed by atoms with Gasteiger partial charge in [0.05, 0.1) is 0 Å². The van der Waals surface area contributed by atoms with Gasteiger partial charge in [-0.1, -0.05) is 0 Å². The minimum absolute atomic E-state index is 0.253. The maximum Gasteiger partial charge on any atom is 0.240 e. The standard InChI is InChI=1S/C10H13N5O/c1-5-3-4-13-9-7(5)14-10(12)15(9)6(2)8(11)16/h3-4,6H,1-2H3,(H2,11,16)(H2,12,14). The van der Waals surface area contributed by atoms with Crippen molar-refractivity contribution in [3.05, 3.63) is 17.8 Å². The van der Waals surface area contributed by atoms with Crippen molar-refractivity contribution in [3.63, 3.8) is 0 Å². The fraction of sp³-hybridized carbons (Fsp3) is 0.300. The Morgan fingerprint density at radius 2 is 2.25 bits per heavy atom. The van der Waals surface area contributed by atoms with Gasteiger partial charge in [0.25, 0.3) is 0 Å². The Labute approximate surface area is 92.3 Å². The minimum Gasteiger partial charge on any atom is -0.369 e. The fourth-order valence-corrected chi connectivity index (χ4v) is 1.64. The number of anilines is 1. The molecule has 0 aliphatic rings. The molecule has 0 aliphatic heterocycles. The SMILES string of the molecule is Cc1ccnc2c1nc(N)n2C(C)C(N)=O. The molecule has 16 heavy (non-hydrogen) atoms. The van der Waals surface area contributed by atoms with Gasteiger partial charge in [0, 0.05) is 6.20 Å². The Bertz CT molecular complexity index is 560. The van der Waals surface area contributed by atoms with Crippen molar-refractivity contribution < 1.29 is 4.79 Å². The highest BCUT2D eigenvalue weighted by atomic mass is 16.1. The van der Waals surface area contributed by atoms with Gasteiger partial charge < -0.3 is 11.5 Å². The minimum atomic E-state index is -0.556. The van der Waals surface area contributed by atoms with E-state index in [2.05, 4.69) is 9.97 Å². The summed E-state index contributed by atoms with van der Waals surface area (Å²) in [5.41, 5.74) is 13.3. The number of nitrogens with zero attached hydrogens (tertiary/aromatic N) is 3. The lowest BCUT2D eigenvalue weighted by Gasteiger charge is -2.11. The van der Waals surface area contributed by atoms with Gasteiger partial charge in [-0.3, -0.25) is 9.36 Å². The molecule has 1 atom stereocenters. The predicted molar refractivity (Wildman–Crippen MR) is 60.6 cm³/mol. The summed E-state index contributed by atoms with van der Waals surface area (Å²) in [7, 11) is 0. The summed E-state index contributed by atoms with van der Waals surface area (Å²) in [5, 5.41) is 0. The second-order valence-corrected chi connectivity index (χ2v) is 3.72. The number of fused-ring (bicyclic) bond motifs is 1. The number of aryl methyl sites for hydroxylation is 1. The molecule has 2 aromatic heterocycles. The van der Waals surface area contributed by atoms with Gasteiger partial charge in [-0.05, 0) is 25.5 Å². The molecular formula is C10H13N5O. The van der Waals surface area contributed by atoms with Gasteiger partial charge in [0.2, 0.25) is 11.9 Å². The van der Waals surface area contributed by atoms with E-state index in [4.69, 9.17) is 11.5 Å². The van der Waals surface area contributed by atoms with E-state index in [-0.39, 0.29) is 5.95 Å². The van der Waals surface area contributed by atoms with Crippen LogP contribution in [0, 0.1) is 6.92 Å². The molecule has 0 aromatic carbocycles. The van der Waals surface area contributed by atoms with Crippen molar-refractivity contribution >= 4 is 23.0 Å². The molecule has 2 aromatic rings. The van der Waals surface area contributed by atoms with E-state index in [0.717, 1.165) is 5.56 Å². The first-order valence-electron chi connectivity index (χ1n) is 4.90. The third-order valence-electron chi connectivity index (χ3n) is 2.61. The number of aromatic nitrogens is 3. The van der Waals surface area contributed by atoms with Crippen LogP contribution in [0.3, 0.4) is 0 Å². The van der Waals surface area contributed by atoms with Crippen molar-refractivity contribution in [2.75, 3.05) is 5.73 Å². The molecule has 6 nitrogen and oxygen atoms in total. The van der Waals surface area contributed by atoms with Crippen LogP contribution in [-0.4, -0.2) is 20.4 Å². The van der Waals surface area contributed by atoms with E-state index in [1.807, 2.05) is 13.0 Å². The zero-order valence-corrected chi connectivity index (χ0v) is 9.14. The maximum atomic E-state index is 11.2. The number of pyridine rings is 1. The van der Waals surface area contributed by atoms with Crippen molar-refractivity contribution in [2.24, 2.45) is 5.73 Å². The lowest BCUT2D eigenvalue weighted by molar-refractivity contribution is -0.120. The summed E-state index contributed by atoms with van der Waals surface area (Å²) in [6, 6.07) is 1.29. The predicted octanol–water partition coefficient (Wildman–Crippen LogP) is 0.368.